The summed E-state index contributed by atoms with van der Waals surface area (Å²) in [5.41, 5.74) is 1.12. The minimum atomic E-state index is -0.618. The maximum Gasteiger partial charge on any atom is 0.374 e. The van der Waals surface area contributed by atoms with Crippen molar-refractivity contribution < 1.29 is 13.9 Å². The van der Waals surface area contributed by atoms with E-state index < -0.39 is 5.97 Å². The third-order valence-electron chi connectivity index (χ3n) is 2.36. The molecule has 0 aliphatic carbocycles. The minimum Gasteiger partial charge on any atom is -0.460 e. The van der Waals surface area contributed by atoms with Crippen LogP contribution in [0.1, 0.15) is 23.0 Å². The fraction of sp³-hybridized carbons (Fsp3) is 0.231. The lowest BCUT2D eigenvalue weighted by Crippen LogP contribution is -2.10. The Kier molecular flexibility index (Phi) is 2.95. The van der Waals surface area contributed by atoms with Gasteiger partial charge in [0.1, 0.15) is 5.58 Å². The van der Waals surface area contributed by atoms with E-state index in [1.165, 1.54) is 6.07 Å². The quantitative estimate of drug-likeness (QED) is 0.745. The smallest absolute Gasteiger partial charge is 0.374 e. The summed E-state index contributed by atoms with van der Waals surface area (Å²) in [5.74, 6) is -0.680. The molecule has 0 unspecified atom stereocenters. The molecule has 2 rings (SSSR count). The van der Waals surface area contributed by atoms with Gasteiger partial charge >= 0.3 is 5.97 Å². The average molecular weight is 232 g/mol. The summed E-state index contributed by atoms with van der Waals surface area (Å²) in [6, 6.07) is 6.39. The highest BCUT2D eigenvalue weighted by Crippen LogP contribution is 2.14. The summed E-state index contributed by atoms with van der Waals surface area (Å²) < 4.78 is 10.1. The number of carbonyl (C=O) groups excluding carboxylic acids is 1. The maximum atomic E-state index is 11.8. The van der Waals surface area contributed by atoms with Crippen molar-refractivity contribution in [1.82, 2.24) is 0 Å². The monoisotopic (exact) mass is 232 g/mol. The van der Waals surface area contributed by atoms with E-state index in [0.717, 1.165) is 5.56 Å². The zero-order valence-corrected chi connectivity index (χ0v) is 9.65. The van der Waals surface area contributed by atoms with Gasteiger partial charge in [-0.05, 0) is 26.0 Å². The van der Waals surface area contributed by atoms with Crippen molar-refractivity contribution in [2.45, 2.75) is 13.8 Å². The SMILES string of the molecule is CCOC(=O)c1cc(=O)c2cc(C)ccc2o1. The Hall–Kier alpha value is -2.10. The topological polar surface area (TPSA) is 56.5 Å². The second-order valence-electron chi connectivity index (χ2n) is 3.69. The molecule has 17 heavy (non-hydrogen) atoms. The number of ether oxygens (including phenoxy) is 1. The Morgan fingerprint density at radius 1 is 1.35 bits per heavy atom. The molecule has 0 saturated carbocycles. The number of hydrogen-bond acceptors (Lipinski definition) is 4. The highest BCUT2D eigenvalue weighted by Gasteiger charge is 2.12. The van der Waals surface area contributed by atoms with Gasteiger partial charge in [-0.15, -0.1) is 0 Å². The highest BCUT2D eigenvalue weighted by molar-refractivity contribution is 5.89. The first-order valence-corrected chi connectivity index (χ1v) is 5.33. The van der Waals surface area contributed by atoms with Crippen LogP contribution in [0, 0.1) is 6.92 Å². The number of carbonyl (C=O) groups is 1. The van der Waals surface area contributed by atoms with Gasteiger partial charge in [-0.1, -0.05) is 11.6 Å². The first-order valence-electron chi connectivity index (χ1n) is 5.33. The van der Waals surface area contributed by atoms with E-state index in [9.17, 15) is 9.59 Å². The molecule has 0 amide bonds. The molecule has 1 aromatic carbocycles. The Bertz CT molecular complexity index is 625. The molecule has 0 bridgehead atoms. The van der Waals surface area contributed by atoms with E-state index in [1.807, 2.05) is 13.0 Å². The first kappa shape index (κ1) is 11.4. The van der Waals surface area contributed by atoms with Crippen molar-refractivity contribution in [2.75, 3.05) is 6.61 Å². The summed E-state index contributed by atoms with van der Waals surface area (Å²) >= 11 is 0. The van der Waals surface area contributed by atoms with Gasteiger partial charge in [0.2, 0.25) is 5.76 Å². The van der Waals surface area contributed by atoms with Crippen molar-refractivity contribution >= 4 is 16.9 Å². The van der Waals surface area contributed by atoms with Crippen LogP contribution in [0.3, 0.4) is 0 Å². The van der Waals surface area contributed by atoms with E-state index in [1.54, 1.807) is 19.1 Å². The van der Waals surface area contributed by atoms with Crippen LogP contribution in [-0.2, 0) is 4.74 Å². The molecule has 0 aliphatic heterocycles. The van der Waals surface area contributed by atoms with Gasteiger partial charge in [0.15, 0.2) is 5.43 Å². The van der Waals surface area contributed by atoms with Gasteiger partial charge < -0.3 is 9.15 Å². The van der Waals surface area contributed by atoms with Gasteiger partial charge in [0.05, 0.1) is 12.0 Å². The molecule has 0 N–H and O–H groups in total. The lowest BCUT2D eigenvalue weighted by atomic mass is 10.1. The van der Waals surface area contributed by atoms with Crippen LogP contribution in [0.25, 0.3) is 11.0 Å². The molecular weight excluding hydrogens is 220 g/mol. The molecule has 1 aromatic heterocycles. The summed E-state index contributed by atoms with van der Waals surface area (Å²) in [4.78, 5) is 23.2. The van der Waals surface area contributed by atoms with Crippen LogP contribution in [0.4, 0.5) is 0 Å². The predicted molar refractivity (Wildman–Crippen MR) is 63.2 cm³/mol. The maximum absolute atomic E-state index is 11.8. The van der Waals surface area contributed by atoms with Crippen molar-refractivity contribution in [2.24, 2.45) is 0 Å². The van der Waals surface area contributed by atoms with Crippen LogP contribution in [0.2, 0.25) is 0 Å². The van der Waals surface area contributed by atoms with Crippen molar-refractivity contribution in [1.29, 1.82) is 0 Å². The van der Waals surface area contributed by atoms with Gasteiger partial charge in [0.25, 0.3) is 0 Å². The number of hydrogen-bond donors (Lipinski definition) is 0. The van der Waals surface area contributed by atoms with Crippen LogP contribution >= 0.6 is 0 Å². The van der Waals surface area contributed by atoms with Crippen LogP contribution in [-0.4, -0.2) is 12.6 Å². The van der Waals surface area contributed by atoms with E-state index in [0.29, 0.717) is 11.0 Å². The zero-order chi connectivity index (χ0) is 12.4. The summed E-state index contributed by atoms with van der Waals surface area (Å²) in [7, 11) is 0. The first-order chi connectivity index (χ1) is 8.11. The Labute approximate surface area is 97.8 Å². The van der Waals surface area contributed by atoms with Crippen LogP contribution < -0.4 is 5.43 Å². The number of rotatable bonds is 2. The predicted octanol–water partition coefficient (Wildman–Crippen LogP) is 2.28. The molecular formula is C13H12O4. The van der Waals surface area contributed by atoms with Crippen molar-refractivity contribution in [3.8, 4) is 0 Å². The summed E-state index contributed by atoms with van der Waals surface area (Å²) in [6.45, 7) is 3.83. The largest absolute Gasteiger partial charge is 0.460 e. The lowest BCUT2D eigenvalue weighted by Gasteiger charge is -2.03. The van der Waals surface area contributed by atoms with Gasteiger partial charge in [-0.3, -0.25) is 4.79 Å². The van der Waals surface area contributed by atoms with Crippen LogP contribution in [0.15, 0.2) is 33.5 Å². The highest BCUT2D eigenvalue weighted by atomic mass is 16.5. The normalized spacial score (nSPS) is 10.5. The molecule has 0 saturated heterocycles. The molecule has 88 valence electrons. The fourth-order valence-electron chi connectivity index (χ4n) is 1.57. The average Bonchev–Trinajstić information content (AvgIpc) is 2.30. The molecule has 4 heteroatoms. The van der Waals surface area contributed by atoms with Crippen molar-refractivity contribution in [3.05, 3.63) is 45.8 Å². The number of fused-ring (bicyclic) bond motifs is 1. The molecule has 0 fully saturated rings. The van der Waals surface area contributed by atoms with E-state index in [-0.39, 0.29) is 17.8 Å². The van der Waals surface area contributed by atoms with Gasteiger partial charge in [0, 0.05) is 6.07 Å². The molecule has 1 heterocycles. The lowest BCUT2D eigenvalue weighted by molar-refractivity contribution is 0.0490. The Morgan fingerprint density at radius 2 is 2.12 bits per heavy atom. The van der Waals surface area contributed by atoms with Crippen LogP contribution in [0.5, 0.6) is 0 Å². The fourth-order valence-corrected chi connectivity index (χ4v) is 1.57. The number of benzene rings is 1. The summed E-state index contributed by atoms with van der Waals surface area (Å²) in [6.07, 6.45) is 0. The van der Waals surface area contributed by atoms with Gasteiger partial charge in [-0.25, -0.2) is 4.79 Å². The molecule has 0 atom stereocenters. The van der Waals surface area contributed by atoms with E-state index in [2.05, 4.69) is 0 Å². The summed E-state index contributed by atoms with van der Waals surface area (Å²) in [5, 5.41) is 0.470. The van der Waals surface area contributed by atoms with Gasteiger partial charge in [-0.2, -0.15) is 0 Å². The molecule has 0 aliphatic rings. The molecule has 4 nitrogen and oxygen atoms in total. The van der Waals surface area contributed by atoms with E-state index >= 15 is 0 Å². The minimum absolute atomic E-state index is 0.0618. The standard InChI is InChI=1S/C13H12O4/c1-3-16-13(15)12-7-10(14)9-6-8(2)4-5-11(9)17-12/h4-7H,3H2,1-2H3. The molecule has 0 spiro atoms. The third-order valence-corrected chi connectivity index (χ3v) is 2.36. The number of esters is 1. The zero-order valence-electron chi connectivity index (χ0n) is 9.65. The van der Waals surface area contributed by atoms with Crippen molar-refractivity contribution in [3.63, 3.8) is 0 Å². The molecule has 2 aromatic rings. The van der Waals surface area contributed by atoms with E-state index in [4.69, 9.17) is 9.15 Å². The second kappa shape index (κ2) is 4.41. The third kappa shape index (κ3) is 2.20. The second-order valence-corrected chi connectivity index (χ2v) is 3.69. The Morgan fingerprint density at radius 3 is 2.82 bits per heavy atom. The number of aryl methyl sites for hydroxylation is 1. The molecule has 0 radical (unpaired) electrons. The Balaban J connectivity index is 2.60.